The molecule has 0 spiro atoms. The van der Waals surface area contributed by atoms with Gasteiger partial charge in [0.15, 0.2) is 5.88 Å². The van der Waals surface area contributed by atoms with Gasteiger partial charge in [0.25, 0.3) is 21.2 Å². The van der Waals surface area contributed by atoms with Crippen molar-refractivity contribution in [2.24, 2.45) is 0 Å². The second-order valence-corrected chi connectivity index (χ2v) is 10.6. The highest BCUT2D eigenvalue weighted by Crippen LogP contribution is 2.34. The quantitative estimate of drug-likeness (QED) is 0.363. The molecule has 1 aliphatic heterocycles. The number of alkyl halides is 3. The van der Waals surface area contributed by atoms with Gasteiger partial charge in [0.05, 0.1) is 28.7 Å². The summed E-state index contributed by atoms with van der Waals surface area (Å²) in [5, 5.41) is 3.79. The highest BCUT2D eigenvalue weighted by Gasteiger charge is 2.38. The molecule has 0 bridgehead atoms. The first-order chi connectivity index (χ1) is 17.2. The number of carbonyl (C=O) groups excluding carboxylic acids is 3. The van der Waals surface area contributed by atoms with Crippen molar-refractivity contribution in [1.82, 2.24) is 19.4 Å². The van der Waals surface area contributed by atoms with Crippen LogP contribution in [0.15, 0.2) is 47.5 Å². The number of halogens is 4. The van der Waals surface area contributed by atoms with E-state index in [0.717, 1.165) is 19.1 Å². The first-order valence-corrected chi connectivity index (χ1v) is 12.8. The molecule has 194 valence electrons. The summed E-state index contributed by atoms with van der Waals surface area (Å²) in [4.78, 5) is 36.2. The maximum atomic E-state index is 13.4. The molecule has 0 aliphatic carbocycles. The summed E-state index contributed by atoms with van der Waals surface area (Å²) in [6.45, 7) is 0.693. The van der Waals surface area contributed by atoms with E-state index >= 15 is 0 Å². The second kappa shape index (κ2) is 9.63. The molecule has 1 fully saturated rings. The zero-order valence-corrected chi connectivity index (χ0v) is 20.4. The lowest BCUT2D eigenvalue weighted by molar-refractivity contribution is -0.138. The van der Waals surface area contributed by atoms with E-state index in [1.54, 1.807) is 16.9 Å². The molecule has 3 aromatic rings. The number of sulfonamides is 1. The van der Waals surface area contributed by atoms with Crippen molar-refractivity contribution in [2.75, 3.05) is 5.88 Å². The molecule has 2 heterocycles. The second-order valence-electron chi connectivity index (χ2n) is 7.93. The number of nitrogens with one attached hydrogen (secondary N) is 1. The number of hydrogen-bond donors (Lipinski definition) is 1. The van der Waals surface area contributed by atoms with Crippen molar-refractivity contribution >= 4 is 55.8 Å². The van der Waals surface area contributed by atoms with E-state index in [0.29, 0.717) is 39.2 Å². The average molecular weight is 557 g/mol. The summed E-state index contributed by atoms with van der Waals surface area (Å²) < 4.78 is 80.3. The van der Waals surface area contributed by atoms with Crippen LogP contribution >= 0.6 is 11.8 Å². The first kappa shape index (κ1) is 26.3. The molecule has 1 aromatic heterocycles. The first-order valence-electron chi connectivity index (χ1n) is 10.3. The fourth-order valence-electron chi connectivity index (χ4n) is 3.62. The minimum absolute atomic E-state index is 0.0594. The maximum absolute atomic E-state index is 13.4. The number of fused-ring (bicyclic) bond motifs is 1. The van der Waals surface area contributed by atoms with Gasteiger partial charge in [-0.15, -0.1) is 0 Å². The standard InChI is InChI=1S/C22H16F4N4O5S2/c1-12(31)28-37(34,35)11-29-20(32)19(36-21(29)33)7-13-2-5-18-15(6-13)9-27-30(18)10-14-3-4-16(23)8-17(14)22(24,25)26/h2-9H,10-11H2,1H3,(H,28,31). The molecule has 2 aromatic carbocycles. The van der Waals surface area contributed by atoms with Crippen molar-refractivity contribution in [2.45, 2.75) is 19.6 Å². The van der Waals surface area contributed by atoms with Crippen LogP contribution in [0.1, 0.15) is 23.6 Å². The summed E-state index contributed by atoms with van der Waals surface area (Å²) in [6, 6.07) is 7.07. The molecule has 0 unspecified atom stereocenters. The molecule has 4 rings (SSSR count). The average Bonchev–Trinajstić information content (AvgIpc) is 3.28. The van der Waals surface area contributed by atoms with E-state index in [1.807, 2.05) is 0 Å². The van der Waals surface area contributed by atoms with Gasteiger partial charge in [0.2, 0.25) is 5.91 Å². The lowest BCUT2D eigenvalue weighted by atomic mass is 10.1. The number of thioether (sulfide) groups is 1. The predicted molar refractivity (Wildman–Crippen MR) is 126 cm³/mol. The number of nitrogens with zero attached hydrogens (tertiary/aromatic N) is 3. The van der Waals surface area contributed by atoms with Crippen LogP contribution in [-0.4, -0.2) is 46.0 Å². The third-order valence-corrected chi connectivity index (χ3v) is 7.24. The Morgan fingerprint density at radius 1 is 1.16 bits per heavy atom. The van der Waals surface area contributed by atoms with Gasteiger partial charge in [0, 0.05) is 12.3 Å². The lowest BCUT2D eigenvalue weighted by Gasteiger charge is -2.13. The van der Waals surface area contributed by atoms with Crippen LogP contribution in [-0.2, 0) is 32.3 Å². The topological polar surface area (TPSA) is 118 Å². The molecule has 9 nitrogen and oxygen atoms in total. The van der Waals surface area contributed by atoms with Crippen LogP contribution in [0.2, 0.25) is 0 Å². The molecule has 15 heteroatoms. The monoisotopic (exact) mass is 556 g/mol. The molecular weight excluding hydrogens is 540 g/mol. The highest BCUT2D eigenvalue weighted by atomic mass is 32.2. The van der Waals surface area contributed by atoms with Crippen molar-refractivity contribution in [3.8, 4) is 0 Å². The van der Waals surface area contributed by atoms with Gasteiger partial charge in [-0.2, -0.15) is 18.3 Å². The van der Waals surface area contributed by atoms with E-state index in [2.05, 4.69) is 5.10 Å². The summed E-state index contributed by atoms with van der Waals surface area (Å²) in [5.74, 6) is -3.77. The van der Waals surface area contributed by atoms with E-state index < -0.39 is 50.5 Å². The Hall–Kier alpha value is -3.72. The minimum Gasteiger partial charge on any atom is -0.274 e. The highest BCUT2D eigenvalue weighted by molar-refractivity contribution is 8.18. The molecule has 1 aliphatic rings. The Morgan fingerprint density at radius 3 is 2.57 bits per heavy atom. The lowest BCUT2D eigenvalue weighted by Crippen LogP contribution is -2.40. The van der Waals surface area contributed by atoms with E-state index in [1.165, 1.54) is 23.0 Å². The number of aromatic nitrogens is 2. The third-order valence-electron chi connectivity index (χ3n) is 5.13. The van der Waals surface area contributed by atoms with Gasteiger partial charge in [0.1, 0.15) is 5.82 Å². The summed E-state index contributed by atoms with van der Waals surface area (Å²) in [5.41, 5.74) is -0.376. The van der Waals surface area contributed by atoms with Crippen LogP contribution < -0.4 is 4.72 Å². The molecule has 1 N–H and O–H groups in total. The molecular formula is C22H16F4N4O5S2. The van der Waals surface area contributed by atoms with Crippen LogP contribution in [0.3, 0.4) is 0 Å². The van der Waals surface area contributed by atoms with Crippen molar-refractivity contribution in [3.05, 3.63) is 70.0 Å². The van der Waals surface area contributed by atoms with Crippen molar-refractivity contribution in [1.29, 1.82) is 0 Å². The summed E-state index contributed by atoms with van der Waals surface area (Å²) in [6.07, 6.45) is -2.00. The molecule has 37 heavy (non-hydrogen) atoms. The number of hydrogen-bond acceptors (Lipinski definition) is 7. The fraction of sp³-hybridized carbons (Fsp3) is 0.182. The largest absolute Gasteiger partial charge is 0.416 e. The van der Waals surface area contributed by atoms with E-state index in [-0.39, 0.29) is 17.0 Å². The van der Waals surface area contributed by atoms with Gasteiger partial charge in [-0.1, -0.05) is 12.1 Å². The van der Waals surface area contributed by atoms with E-state index in [4.69, 9.17) is 0 Å². The molecule has 1 saturated heterocycles. The SMILES string of the molecule is CC(=O)NS(=O)(=O)CN1C(=O)SC(=Cc2ccc3c(cnn3Cc3ccc(F)cc3C(F)(F)F)c2)C1=O. The van der Waals surface area contributed by atoms with Crippen molar-refractivity contribution in [3.63, 3.8) is 0 Å². The van der Waals surface area contributed by atoms with Gasteiger partial charge < -0.3 is 0 Å². The third kappa shape index (κ3) is 5.83. The number of benzene rings is 2. The Morgan fingerprint density at radius 2 is 1.89 bits per heavy atom. The number of carbonyl (C=O) groups is 3. The number of amides is 3. The van der Waals surface area contributed by atoms with Crippen LogP contribution in [0, 0.1) is 5.82 Å². The fourth-order valence-corrected chi connectivity index (χ4v) is 5.61. The smallest absolute Gasteiger partial charge is 0.274 e. The Balaban J connectivity index is 1.58. The number of rotatable bonds is 6. The summed E-state index contributed by atoms with van der Waals surface area (Å²) >= 11 is 0.517. The zero-order valence-electron chi connectivity index (χ0n) is 18.7. The molecule has 0 radical (unpaired) electrons. The predicted octanol–water partition coefficient (Wildman–Crippen LogP) is 3.70. The number of imide groups is 1. The Kier molecular flexibility index (Phi) is 6.85. The van der Waals surface area contributed by atoms with Gasteiger partial charge >= 0.3 is 6.18 Å². The zero-order chi connectivity index (χ0) is 27.1. The summed E-state index contributed by atoms with van der Waals surface area (Å²) in [7, 11) is -4.25. The molecule has 0 saturated carbocycles. The van der Waals surface area contributed by atoms with Crippen LogP contribution in [0.25, 0.3) is 17.0 Å². The molecule has 3 amide bonds. The Labute approximate surface area is 211 Å². The van der Waals surface area contributed by atoms with Crippen molar-refractivity contribution < 1.29 is 40.4 Å². The van der Waals surface area contributed by atoms with Crippen LogP contribution in [0.5, 0.6) is 0 Å². The minimum atomic E-state index is -4.75. The van der Waals surface area contributed by atoms with Gasteiger partial charge in [-0.3, -0.25) is 28.7 Å². The Bertz CT molecular complexity index is 1580. The van der Waals surface area contributed by atoms with E-state index in [9.17, 15) is 40.4 Å². The van der Waals surface area contributed by atoms with Gasteiger partial charge in [-0.25, -0.2) is 12.8 Å². The molecule has 0 atom stereocenters. The van der Waals surface area contributed by atoms with Crippen LogP contribution in [0.4, 0.5) is 22.4 Å². The maximum Gasteiger partial charge on any atom is 0.416 e. The van der Waals surface area contributed by atoms with Gasteiger partial charge in [-0.05, 0) is 53.2 Å². The normalized spacial score (nSPS) is 15.7.